The third-order valence-corrected chi connectivity index (χ3v) is 10.4. The molecule has 0 spiro atoms. The summed E-state index contributed by atoms with van der Waals surface area (Å²) in [7, 11) is 0. The van der Waals surface area contributed by atoms with Crippen LogP contribution in [-0.4, -0.2) is 4.03 Å². The van der Waals surface area contributed by atoms with Gasteiger partial charge in [0.05, 0.1) is 0 Å². The summed E-state index contributed by atoms with van der Waals surface area (Å²) >= 11 is -5.97. The third-order valence-electron chi connectivity index (χ3n) is 3.33. The Bertz CT molecular complexity index is 317. The third kappa shape index (κ3) is 5.47. The summed E-state index contributed by atoms with van der Waals surface area (Å²) in [5.74, 6) is 0. The van der Waals surface area contributed by atoms with E-state index in [4.69, 9.17) is 0 Å². The Balaban J connectivity index is 4.97. The molecular formula is C12H28O3V. The van der Waals surface area contributed by atoms with E-state index < -0.39 is 12.0 Å². The van der Waals surface area contributed by atoms with Crippen LogP contribution in [0.4, 0.5) is 0 Å². The second-order valence-electron chi connectivity index (χ2n) is 5.34. The molecule has 3 nitrogen and oxygen atoms in total. The molecule has 0 aliphatic carbocycles. The van der Waals surface area contributed by atoms with Crippen LogP contribution in [0.3, 0.4) is 0 Å². The molecule has 0 saturated heterocycles. The molecule has 0 bridgehead atoms. The zero-order valence-corrected chi connectivity index (χ0v) is 12.5. The Morgan fingerprint density at radius 3 is 1.19 bits per heavy atom. The molecule has 0 heterocycles. The van der Waals surface area contributed by atoms with E-state index in [9.17, 15) is 11.4 Å². The molecule has 0 aromatic heterocycles. The van der Waals surface area contributed by atoms with Gasteiger partial charge in [0.25, 0.3) is 0 Å². The van der Waals surface area contributed by atoms with Gasteiger partial charge in [0, 0.05) is 0 Å². The van der Waals surface area contributed by atoms with Crippen molar-refractivity contribution in [2.75, 3.05) is 0 Å². The minimum atomic E-state index is -5.97. The summed E-state index contributed by atoms with van der Waals surface area (Å²) in [6, 6.07) is 0. The van der Waals surface area contributed by atoms with E-state index >= 15 is 0 Å². The van der Waals surface area contributed by atoms with Gasteiger partial charge < -0.3 is 0 Å². The molecule has 0 radical (unpaired) electrons. The van der Waals surface area contributed by atoms with E-state index in [0.717, 1.165) is 19.3 Å². The maximum absolute atomic E-state index is 12.7. The van der Waals surface area contributed by atoms with Crippen molar-refractivity contribution in [1.82, 2.24) is 0 Å². The summed E-state index contributed by atoms with van der Waals surface area (Å²) in [5.41, 5.74) is 0. The van der Waals surface area contributed by atoms with E-state index in [-0.39, 0.29) is 15.4 Å². The van der Waals surface area contributed by atoms with Gasteiger partial charge in [-0.25, -0.2) is 0 Å². The topological polar surface area (TPSA) is 54.4 Å². The molecule has 0 rings (SSSR count). The van der Waals surface area contributed by atoms with Crippen LogP contribution >= 0.6 is 0 Å². The molecular weight excluding hydrogens is 243 g/mol. The van der Waals surface area contributed by atoms with Crippen molar-refractivity contribution in [3.63, 3.8) is 0 Å². The molecule has 0 aliphatic rings. The van der Waals surface area contributed by atoms with Gasteiger partial charge >= 0.3 is 98.1 Å². The second-order valence-corrected chi connectivity index (χ2v) is 14.0. The molecule has 0 fully saturated rings. The molecule has 1 N–H and O–H groups in total. The first-order valence-corrected chi connectivity index (χ1v) is 11.4. The molecule has 0 atom stereocenters. The van der Waals surface area contributed by atoms with Gasteiger partial charge in [0.2, 0.25) is 0 Å². The molecule has 99 valence electrons. The fourth-order valence-electron chi connectivity index (χ4n) is 2.08. The van der Waals surface area contributed by atoms with Gasteiger partial charge in [-0.05, 0) is 0 Å². The van der Waals surface area contributed by atoms with Crippen LogP contribution in [0.1, 0.15) is 59.3 Å². The Labute approximate surface area is 98.2 Å². The second kappa shape index (κ2) is 5.20. The quantitative estimate of drug-likeness (QED) is 0.673. The molecule has 0 saturated carbocycles. The molecule has 0 aliphatic heterocycles. The Hall–Kier alpha value is 0.144. The van der Waals surface area contributed by atoms with Gasteiger partial charge in [-0.2, -0.15) is 0 Å². The summed E-state index contributed by atoms with van der Waals surface area (Å²) in [6.07, 6.45) is 4.17. The van der Waals surface area contributed by atoms with Gasteiger partial charge in [-0.15, -0.1) is 0 Å². The van der Waals surface area contributed by atoms with Crippen LogP contribution in [0.25, 0.3) is 0 Å². The zero-order valence-electron chi connectivity index (χ0n) is 11.1. The summed E-state index contributed by atoms with van der Waals surface area (Å²) in [4.78, 5) is 0. The molecule has 4 heteroatoms. The minimum absolute atomic E-state index is 0. The van der Waals surface area contributed by atoms with E-state index in [1.165, 1.54) is 0 Å². The maximum atomic E-state index is 12.7. The zero-order chi connectivity index (χ0) is 12.8. The normalized spacial score (nSPS) is 16.8. The van der Waals surface area contributed by atoms with Gasteiger partial charge in [0.1, 0.15) is 0 Å². The van der Waals surface area contributed by atoms with Crippen molar-refractivity contribution < 1.29 is 23.4 Å². The molecule has 0 amide bonds. The van der Waals surface area contributed by atoms with Crippen LogP contribution < -0.4 is 0 Å². The molecule has 0 aromatic carbocycles. The van der Waals surface area contributed by atoms with E-state index in [2.05, 4.69) is 0 Å². The van der Waals surface area contributed by atoms with Crippen LogP contribution in [-0.2, 0) is 19.4 Å². The van der Waals surface area contributed by atoms with Crippen molar-refractivity contribution in [2.24, 2.45) is 0 Å². The predicted octanol–water partition coefficient (Wildman–Crippen LogP) is 4.47. The standard InChI is InChI=1S/3C4H9.H2O.2O.V/c3*1-3-4-2;;;;/h3*1,3-4H2,2H3;1H2;;;/q;;;;;;+1/p-1. The SMILES string of the molecule is CCC[CH2][V](=[O])(=[O])([OH])([CH2]CCC)[CH2]CCC. The van der Waals surface area contributed by atoms with Crippen LogP contribution in [0.5, 0.6) is 0 Å². The van der Waals surface area contributed by atoms with Crippen LogP contribution in [0, 0.1) is 0 Å². The molecule has 16 heavy (non-hydrogen) atoms. The first-order valence-electron chi connectivity index (χ1n) is 6.64. The fraction of sp³-hybridized carbons (Fsp3) is 1.00. The average Bonchev–Trinajstić information content (AvgIpc) is 2.22. The molecule has 0 aromatic rings. The number of rotatable bonds is 9. The first kappa shape index (κ1) is 16.1. The van der Waals surface area contributed by atoms with E-state index in [1.807, 2.05) is 20.8 Å². The van der Waals surface area contributed by atoms with Crippen molar-refractivity contribution in [3.8, 4) is 0 Å². The fourth-order valence-corrected chi connectivity index (χ4v) is 8.58. The number of unbranched alkanes of at least 4 members (excludes halogenated alkanes) is 3. The van der Waals surface area contributed by atoms with Crippen LogP contribution in [0.15, 0.2) is 0 Å². The Kier molecular flexibility index (Phi) is 5.24. The summed E-state index contributed by atoms with van der Waals surface area (Å²) in [6.45, 7) is 5.86. The number of hydrogen-bond donors (Lipinski definition) is 1. The predicted molar refractivity (Wildman–Crippen MR) is 62.7 cm³/mol. The van der Waals surface area contributed by atoms with Crippen LogP contribution in [0.2, 0.25) is 15.4 Å². The summed E-state index contributed by atoms with van der Waals surface area (Å²) < 4.78 is 35.8. The Morgan fingerprint density at radius 2 is 1.00 bits per heavy atom. The Morgan fingerprint density at radius 1 is 0.750 bits per heavy atom. The summed E-state index contributed by atoms with van der Waals surface area (Å²) in [5, 5.41) is 0. The monoisotopic (exact) mass is 271 g/mol. The van der Waals surface area contributed by atoms with Gasteiger partial charge in [0.15, 0.2) is 0 Å². The average molecular weight is 271 g/mol. The van der Waals surface area contributed by atoms with Crippen molar-refractivity contribution in [2.45, 2.75) is 74.7 Å². The first-order chi connectivity index (χ1) is 7.21. The number of hydrogen-bond acceptors (Lipinski definition) is 2. The van der Waals surface area contributed by atoms with E-state index in [0.29, 0.717) is 19.3 Å². The van der Waals surface area contributed by atoms with Crippen molar-refractivity contribution in [1.29, 1.82) is 0 Å². The van der Waals surface area contributed by atoms with Crippen molar-refractivity contribution >= 4 is 0 Å². The molecule has 0 unspecified atom stereocenters. The van der Waals surface area contributed by atoms with Gasteiger partial charge in [-0.3, -0.25) is 0 Å². The van der Waals surface area contributed by atoms with Crippen molar-refractivity contribution in [3.05, 3.63) is 0 Å². The van der Waals surface area contributed by atoms with E-state index in [1.54, 1.807) is 0 Å². The van der Waals surface area contributed by atoms with Gasteiger partial charge in [-0.1, -0.05) is 0 Å².